The van der Waals surface area contributed by atoms with E-state index >= 15 is 0 Å². The number of benzene rings is 1. The summed E-state index contributed by atoms with van der Waals surface area (Å²) < 4.78 is 1.18. The van der Waals surface area contributed by atoms with Crippen LogP contribution in [0.5, 0.6) is 0 Å². The predicted molar refractivity (Wildman–Crippen MR) is 81.2 cm³/mol. The molecule has 0 saturated heterocycles. The van der Waals surface area contributed by atoms with Gasteiger partial charge in [0, 0.05) is 33.2 Å². The number of hydrogen-bond acceptors (Lipinski definition) is 2. The van der Waals surface area contributed by atoms with E-state index in [1.54, 1.807) is 11.3 Å². The third kappa shape index (κ3) is 3.39. The van der Waals surface area contributed by atoms with Crippen LogP contribution in [0.4, 0.5) is 0 Å². The summed E-state index contributed by atoms with van der Waals surface area (Å²) in [5.74, 6) is 0.469. The molecule has 0 radical (unpaired) electrons. The monoisotopic (exact) mass is 373 g/mol. The Kier molecular flexibility index (Phi) is 4.77. The summed E-state index contributed by atoms with van der Waals surface area (Å²) in [5, 5.41) is 4.28. The van der Waals surface area contributed by atoms with Crippen LogP contribution in [0.3, 0.4) is 0 Å². The SMILES string of the molecule is Cc1csc(CC(CBr)c2ccccc2Br)n1. The zero-order valence-corrected chi connectivity index (χ0v) is 13.5. The van der Waals surface area contributed by atoms with Crippen LogP contribution in [0, 0.1) is 6.92 Å². The first-order valence-electron chi connectivity index (χ1n) is 5.42. The Labute approximate surface area is 123 Å². The standard InChI is InChI=1S/C13H13Br2NS/c1-9-8-17-13(16-9)6-10(7-14)11-4-2-3-5-12(11)15/h2-5,8,10H,6-7H2,1H3. The molecule has 1 heterocycles. The summed E-state index contributed by atoms with van der Waals surface area (Å²) in [4.78, 5) is 4.54. The van der Waals surface area contributed by atoms with Gasteiger partial charge in [-0.3, -0.25) is 0 Å². The molecule has 2 aromatic rings. The van der Waals surface area contributed by atoms with E-state index in [9.17, 15) is 0 Å². The Morgan fingerprint density at radius 2 is 2.12 bits per heavy atom. The third-order valence-corrected chi connectivity index (χ3v) is 5.11. The average molecular weight is 375 g/mol. The Morgan fingerprint density at radius 3 is 2.71 bits per heavy atom. The summed E-state index contributed by atoms with van der Waals surface area (Å²) in [6.07, 6.45) is 0.992. The van der Waals surface area contributed by atoms with Gasteiger partial charge in [0.05, 0.1) is 5.01 Å². The van der Waals surface area contributed by atoms with E-state index in [0.29, 0.717) is 5.92 Å². The summed E-state index contributed by atoms with van der Waals surface area (Å²) in [6, 6.07) is 8.41. The van der Waals surface area contributed by atoms with E-state index in [1.165, 1.54) is 15.0 Å². The Morgan fingerprint density at radius 1 is 1.35 bits per heavy atom. The molecular weight excluding hydrogens is 362 g/mol. The number of alkyl halides is 1. The maximum atomic E-state index is 4.54. The van der Waals surface area contributed by atoms with Gasteiger partial charge >= 0.3 is 0 Å². The minimum absolute atomic E-state index is 0.469. The third-order valence-electron chi connectivity index (χ3n) is 2.62. The van der Waals surface area contributed by atoms with Crippen molar-refractivity contribution >= 4 is 43.2 Å². The van der Waals surface area contributed by atoms with Gasteiger partial charge in [0.1, 0.15) is 0 Å². The number of rotatable bonds is 4. The van der Waals surface area contributed by atoms with E-state index in [2.05, 4.69) is 60.4 Å². The van der Waals surface area contributed by atoms with Crippen molar-refractivity contribution in [1.82, 2.24) is 4.98 Å². The minimum atomic E-state index is 0.469. The van der Waals surface area contributed by atoms with Crippen LogP contribution in [-0.2, 0) is 6.42 Å². The topological polar surface area (TPSA) is 12.9 Å². The van der Waals surface area contributed by atoms with Crippen LogP contribution in [0.25, 0.3) is 0 Å². The summed E-state index contributed by atoms with van der Waals surface area (Å²) in [5.41, 5.74) is 2.46. The summed E-state index contributed by atoms with van der Waals surface area (Å²) in [7, 11) is 0. The molecule has 1 aromatic heterocycles. The van der Waals surface area contributed by atoms with Crippen molar-refractivity contribution in [2.45, 2.75) is 19.3 Å². The molecule has 4 heteroatoms. The predicted octanol–water partition coefficient (Wildman–Crippen LogP) is 4.94. The molecule has 1 nitrogen and oxygen atoms in total. The normalized spacial score (nSPS) is 12.6. The average Bonchev–Trinajstić information content (AvgIpc) is 2.73. The van der Waals surface area contributed by atoms with Gasteiger partial charge in [-0.05, 0) is 18.6 Å². The van der Waals surface area contributed by atoms with E-state index in [0.717, 1.165) is 17.4 Å². The van der Waals surface area contributed by atoms with E-state index < -0.39 is 0 Å². The largest absolute Gasteiger partial charge is 0.247 e. The quantitative estimate of drug-likeness (QED) is 0.691. The van der Waals surface area contributed by atoms with Gasteiger partial charge in [0.15, 0.2) is 0 Å². The zero-order chi connectivity index (χ0) is 12.3. The molecule has 17 heavy (non-hydrogen) atoms. The fourth-order valence-electron chi connectivity index (χ4n) is 1.76. The molecule has 2 rings (SSSR count). The zero-order valence-electron chi connectivity index (χ0n) is 9.49. The number of thiazole rings is 1. The Balaban J connectivity index is 2.20. The highest BCUT2D eigenvalue weighted by Gasteiger charge is 2.15. The van der Waals surface area contributed by atoms with Gasteiger partial charge in [-0.25, -0.2) is 4.98 Å². The molecule has 0 fully saturated rings. The van der Waals surface area contributed by atoms with Gasteiger partial charge in [0.2, 0.25) is 0 Å². The van der Waals surface area contributed by atoms with Crippen molar-refractivity contribution in [2.24, 2.45) is 0 Å². The lowest BCUT2D eigenvalue weighted by Gasteiger charge is -2.14. The molecule has 0 bridgehead atoms. The van der Waals surface area contributed by atoms with Crippen molar-refractivity contribution < 1.29 is 0 Å². The molecule has 0 aliphatic heterocycles. The smallest absolute Gasteiger partial charge is 0.0934 e. The fourth-order valence-corrected chi connectivity index (χ4v) is 3.80. The first-order valence-corrected chi connectivity index (χ1v) is 8.21. The molecule has 0 N–H and O–H groups in total. The number of halogens is 2. The second kappa shape index (κ2) is 6.12. The number of hydrogen-bond donors (Lipinski definition) is 0. The van der Waals surface area contributed by atoms with Crippen molar-refractivity contribution in [3.63, 3.8) is 0 Å². The van der Waals surface area contributed by atoms with Crippen LogP contribution in [0.2, 0.25) is 0 Å². The lowest BCUT2D eigenvalue weighted by molar-refractivity contribution is 0.764. The van der Waals surface area contributed by atoms with Crippen LogP contribution < -0.4 is 0 Å². The van der Waals surface area contributed by atoms with Crippen molar-refractivity contribution in [3.05, 3.63) is 50.4 Å². The number of nitrogens with zero attached hydrogens (tertiary/aromatic N) is 1. The lowest BCUT2D eigenvalue weighted by atomic mass is 9.98. The molecule has 1 atom stereocenters. The van der Waals surface area contributed by atoms with Crippen LogP contribution >= 0.6 is 43.2 Å². The maximum absolute atomic E-state index is 4.54. The molecule has 1 unspecified atom stereocenters. The molecule has 0 amide bonds. The lowest BCUT2D eigenvalue weighted by Crippen LogP contribution is -2.05. The number of aryl methyl sites for hydroxylation is 1. The van der Waals surface area contributed by atoms with Gasteiger partial charge in [-0.2, -0.15) is 0 Å². The second-order valence-corrected chi connectivity index (χ2v) is 6.40. The Hall–Kier alpha value is -0.190. The minimum Gasteiger partial charge on any atom is -0.247 e. The van der Waals surface area contributed by atoms with Crippen molar-refractivity contribution in [1.29, 1.82) is 0 Å². The number of aromatic nitrogens is 1. The van der Waals surface area contributed by atoms with Crippen LogP contribution in [-0.4, -0.2) is 10.3 Å². The van der Waals surface area contributed by atoms with E-state index in [-0.39, 0.29) is 0 Å². The summed E-state index contributed by atoms with van der Waals surface area (Å²) in [6.45, 7) is 2.04. The highest BCUT2D eigenvalue weighted by Crippen LogP contribution is 2.29. The van der Waals surface area contributed by atoms with Gasteiger partial charge in [-0.15, -0.1) is 11.3 Å². The van der Waals surface area contributed by atoms with Crippen LogP contribution in [0.1, 0.15) is 22.2 Å². The molecule has 0 aliphatic rings. The summed E-state index contributed by atoms with van der Waals surface area (Å²) >= 11 is 8.97. The molecule has 0 saturated carbocycles. The van der Waals surface area contributed by atoms with Crippen molar-refractivity contribution in [2.75, 3.05) is 5.33 Å². The molecule has 0 aliphatic carbocycles. The fraction of sp³-hybridized carbons (Fsp3) is 0.308. The first kappa shape index (κ1) is 13.2. The highest BCUT2D eigenvalue weighted by molar-refractivity contribution is 9.10. The maximum Gasteiger partial charge on any atom is 0.0934 e. The van der Waals surface area contributed by atoms with Crippen molar-refractivity contribution in [3.8, 4) is 0 Å². The van der Waals surface area contributed by atoms with Gasteiger partial charge in [-0.1, -0.05) is 50.1 Å². The molecule has 1 aromatic carbocycles. The molecule has 0 spiro atoms. The highest BCUT2D eigenvalue weighted by atomic mass is 79.9. The first-order chi connectivity index (χ1) is 8.20. The molecule has 90 valence electrons. The van der Waals surface area contributed by atoms with Crippen LogP contribution in [0.15, 0.2) is 34.1 Å². The van der Waals surface area contributed by atoms with Gasteiger partial charge in [0.25, 0.3) is 0 Å². The van der Waals surface area contributed by atoms with E-state index in [1.807, 2.05) is 13.0 Å². The van der Waals surface area contributed by atoms with E-state index in [4.69, 9.17) is 0 Å². The Bertz CT molecular complexity index is 496. The molecular formula is C13H13Br2NS. The van der Waals surface area contributed by atoms with Gasteiger partial charge < -0.3 is 0 Å². The second-order valence-electron chi connectivity index (χ2n) is 3.96.